The number of hydrogen-bond donors (Lipinski definition) is 1. The minimum atomic E-state index is -0.642. The summed E-state index contributed by atoms with van der Waals surface area (Å²) in [5.41, 5.74) is 1.40. The van der Waals surface area contributed by atoms with E-state index in [0.717, 1.165) is 29.7 Å². The maximum atomic E-state index is 11.0. The van der Waals surface area contributed by atoms with Gasteiger partial charge in [-0.05, 0) is 31.2 Å². The summed E-state index contributed by atoms with van der Waals surface area (Å²) >= 11 is 2.07. The molecular weight excluding hydrogens is 270 g/mol. The smallest absolute Gasteiger partial charge is 0.166 e. The topological polar surface area (TPSA) is 46.3 Å². The molecule has 2 aromatic rings. The van der Waals surface area contributed by atoms with Gasteiger partial charge in [-0.2, -0.15) is 11.8 Å². The number of nitrogens with zero attached hydrogens (tertiary/aromatic N) is 1. The molecule has 2 atom stereocenters. The third-order valence-corrected chi connectivity index (χ3v) is 6.05. The Kier molecular flexibility index (Phi) is 2.89. The SMILES string of the molecule is OC1(c2ccc(-c3ccno3)cc2)CC2CCC(C1)S2. The van der Waals surface area contributed by atoms with E-state index in [9.17, 15) is 5.11 Å². The molecule has 4 rings (SSSR count). The van der Waals surface area contributed by atoms with Crippen molar-refractivity contribution in [3.8, 4) is 11.3 Å². The molecule has 0 amide bonds. The predicted molar refractivity (Wildman–Crippen MR) is 79.5 cm³/mol. The Morgan fingerprint density at radius 2 is 1.80 bits per heavy atom. The molecule has 1 N–H and O–H groups in total. The fourth-order valence-corrected chi connectivity index (χ4v) is 5.29. The highest BCUT2D eigenvalue weighted by atomic mass is 32.2. The third kappa shape index (κ3) is 2.07. The summed E-state index contributed by atoms with van der Waals surface area (Å²) in [4.78, 5) is 0. The van der Waals surface area contributed by atoms with Crippen LogP contribution in [0.5, 0.6) is 0 Å². The molecule has 104 valence electrons. The van der Waals surface area contributed by atoms with Gasteiger partial charge in [0, 0.05) is 22.1 Å². The van der Waals surface area contributed by atoms with Crippen LogP contribution < -0.4 is 0 Å². The molecule has 20 heavy (non-hydrogen) atoms. The average Bonchev–Trinajstić information content (AvgIpc) is 3.09. The minimum absolute atomic E-state index is 0.632. The molecule has 4 heteroatoms. The highest BCUT2D eigenvalue weighted by Crippen LogP contribution is 2.51. The van der Waals surface area contributed by atoms with E-state index in [0.29, 0.717) is 10.5 Å². The third-order valence-electron chi connectivity index (χ3n) is 4.47. The fourth-order valence-electron chi connectivity index (χ4n) is 3.46. The lowest BCUT2D eigenvalue weighted by atomic mass is 9.85. The van der Waals surface area contributed by atoms with E-state index >= 15 is 0 Å². The lowest BCUT2D eigenvalue weighted by Crippen LogP contribution is -2.34. The molecule has 2 aliphatic rings. The Morgan fingerprint density at radius 3 is 2.40 bits per heavy atom. The van der Waals surface area contributed by atoms with Crippen molar-refractivity contribution >= 4 is 11.8 Å². The van der Waals surface area contributed by atoms with Gasteiger partial charge >= 0.3 is 0 Å². The second-order valence-corrected chi connectivity index (χ2v) is 7.46. The Morgan fingerprint density at radius 1 is 1.10 bits per heavy atom. The number of benzene rings is 1. The Bertz CT molecular complexity index is 581. The first-order valence-corrected chi connectivity index (χ1v) is 8.07. The second kappa shape index (κ2) is 4.64. The van der Waals surface area contributed by atoms with E-state index in [2.05, 4.69) is 16.9 Å². The predicted octanol–water partition coefficient (Wildman–Crippen LogP) is 3.59. The molecule has 3 heterocycles. The van der Waals surface area contributed by atoms with Crippen molar-refractivity contribution in [2.75, 3.05) is 0 Å². The largest absolute Gasteiger partial charge is 0.385 e. The highest BCUT2D eigenvalue weighted by molar-refractivity contribution is 8.00. The van der Waals surface area contributed by atoms with E-state index in [4.69, 9.17) is 4.52 Å². The zero-order valence-corrected chi connectivity index (χ0v) is 12.0. The first-order chi connectivity index (χ1) is 9.73. The van der Waals surface area contributed by atoms with E-state index in [1.807, 2.05) is 30.3 Å². The number of rotatable bonds is 2. The number of aliphatic hydroxyl groups is 1. The molecule has 3 nitrogen and oxygen atoms in total. The van der Waals surface area contributed by atoms with Gasteiger partial charge in [0.2, 0.25) is 0 Å². The number of thioether (sulfide) groups is 1. The lowest BCUT2D eigenvalue weighted by molar-refractivity contribution is 0.0196. The molecule has 0 saturated carbocycles. The van der Waals surface area contributed by atoms with Crippen LogP contribution >= 0.6 is 11.8 Å². The number of fused-ring (bicyclic) bond motifs is 2. The minimum Gasteiger partial charge on any atom is -0.385 e. The summed E-state index contributed by atoms with van der Waals surface area (Å²) in [6.07, 6.45) is 5.93. The summed E-state index contributed by atoms with van der Waals surface area (Å²) in [6, 6.07) is 9.94. The summed E-state index contributed by atoms with van der Waals surface area (Å²) < 4.78 is 5.16. The normalized spacial score (nSPS) is 32.5. The van der Waals surface area contributed by atoms with Crippen molar-refractivity contribution in [3.63, 3.8) is 0 Å². The Labute approximate surface area is 122 Å². The van der Waals surface area contributed by atoms with Crippen LogP contribution in [0.1, 0.15) is 31.2 Å². The van der Waals surface area contributed by atoms with Crippen LogP contribution in [0.3, 0.4) is 0 Å². The molecule has 2 saturated heterocycles. The first-order valence-electron chi connectivity index (χ1n) is 7.12. The summed E-state index contributed by atoms with van der Waals surface area (Å²) in [5, 5.41) is 16.0. The summed E-state index contributed by atoms with van der Waals surface area (Å²) in [5.74, 6) is 0.766. The standard InChI is InChI=1S/C16H17NO2S/c18-16(9-13-5-6-14(10-16)20-13)12-3-1-11(2-4-12)15-7-8-17-19-15/h1-4,7-8,13-14,18H,5-6,9-10H2. The molecule has 0 radical (unpaired) electrons. The van der Waals surface area contributed by atoms with Crippen LogP contribution in [0, 0.1) is 0 Å². The molecule has 2 unspecified atom stereocenters. The number of aromatic nitrogens is 1. The van der Waals surface area contributed by atoms with Crippen LogP contribution in [0.2, 0.25) is 0 Å². The monoisotopic (exact) mass is 287 g/mol. The van der Waals surface area contributed by atoms with Gasteiger partial charge in [0.15, 0.2) is 5.76 Å². The van der Waals surface area contributed by atoms with Crippen LogP contribution in [0.15, 0.2) is 41.1 Å². The van der Waals surface area contributed by atoms with E-state index in [-0.39, 0.29) is 0 Å². The van der Waals surface area contributed by atoms with Gasteiger partial charge in [-0.15, -0.1) is 0 Å². The molecular formula is C16H17NO2S. The van der Waals surface area contributed by atoms with Gasteiger partial charge in [0.25, 0.3) is 0 Å². The van der Waals surface area contributed by atoms with Crippen LogP contribution in [0.4, 0.5) is 0 Å². The summed E-state index contributed by atoms with van der Waals surface area (Å²) in [6.45, 7) is 0. The van der Waals surface area contributed by atoms with Gasteiger partial charge in [0.1, 0.15) is 0 Å². The van der Waals surface area contributed by atoms with Crippen LogP contribution in [0.25, 0.3) is 11.3 Å². The second-order valence-electron chi connectivity index (χ2n) is 5.85. The zero-order chi connectivity index (χ0) is 13.6. The van der Waals surface area contributed by atoms with E-state index in [1.54, 1.807) is 6.20 Å². The molecule has 1 aromatic heterocycles. The first kappa shape index (κ1) is 12.5. The van der Waals surface area contributed by atoms with Gasteiger partial charge in [-0.1, -0.05) is 29.4 Å². The molecule has 2 aliphatic heterocycles. The molecule has 2 bridgehead atoms. The van der Waals surface area contributed by atoms with Crippen LogP contribution in [-0.4, -0.2) is 20.8 Å². The quantitative estimate of drug-likeness (QED) is 0.917. The van der Waals surface area contributed by atoms with E-state index < -0.39 is 5.60 Å². The van der Waals surface area contributed by atoms with Gasteiger partial charge in [-0.3, -0.25) is 0 Å². The maximum absolute atomic E-state index is 11.0. The van der Waals surface area contributed by atoms with Crippen molar-refractivity contribution in [2.24, 2.45) is 0 Å². The van der Waals surface area contributed by atoms with Gasteiger partial charge in [0.05, 0.1) is 11.8 Å². The average molecular weight is 287 g/mol. The van der Waals surface area contributed by atoms with Crippen molar-refractivity contribution < 1.29 is 9.63 Å². The Balaban J connectivity index is 1.62. The van der Waals surface area contributed by atoms with Crippen molar-refractivity contribution in [3.05, 3.63) is 42.1 Å². The molecule has 1 aromatic carbocycles. The Hall–Kier alpha value is -1.26. The molecule has 0 aliphatic carbocycles. The van der Waals surface area contributed by atoms with Crippen molar-refractivity contribution in [2.45, 2.75) is 41.8 Å². The maximum Gasteiger partial charge on any atom is 0.166 e. The highest BCUT2D eigenvalue weighted by Gasteiger charge is 2.44. The van der Waals surface area contributed by atoms with Crippen molar-refractivity contribution in [1.29, 1.82) is 0 Å². The number of hydrogen-bond acceptors (Lipinski definition) is 4. The van der Waals surface area contributed by atoms with Crippen LogP contribution in [-0.2, 0) is 5.60 Å². The zero-order valence-electron chi connectivity index (χ0n) is 11.2. The lowest BCUT2D eigenvalue weighted by Gasteiger charge is -2.36. The molecule has 2 fully saturated rings. The summed E-state index contributed by atoms with van der Waals surface area (Å²) in [7, 11) is 0. The fraction of sp³-hybridized carbons (Fsp3) is 0.438. The van der Waals surface area contributed by atoms with E-state index in [1.165, 1.54) is 12.8 Å². The van der Waals surface area contributed by atoms with Crippen molar-refractivity contribution in [1.82, 2.24) is 5.16 Å². The molecule has 0 spiro atoms. The van der Waals surface area contributed by atoms with Gasteiger partial charge in [-0.25, -0.2) is 0 Å². The van der Waals surface area contributed by atoms with Gasteiger partial charge < -0.3 is 9.63 Å².